The lowest BCUT2D eigenvalue weighted by molar-refractivity contribution is -0.144. The molecule has 1 fully saturated rings. The number of β-lactam (4-membered cyclic amide) rings is 1. The van der Waals surface area contributed by atoms with Crippen molar-refractivity contribution >= 4 is 29.4 Å². The SMILES string of the molecule is CSC1(SC)C(c2ccccc2)C(=O)N1C. The van der Waals surface area contributed by atoms with Crippen molar-refractivity contribution in [2.45, 2.75) is 10.1 Å². The number of carbonyl (C=O) groups is 1. The molecule has 2 rings (SSSR count). The predicted octanol–water partition coefficient (Wildman–Crippen LogP) is 2.62. The number of rotatable bonds is 3. The van der Waals surface area contributed by atoms with Crippen molar-refractivity contribution < 1.29 is 4.79 Å². The molecule has 1 saturated heterocycles. The summed E-state index contributed by atoms with van der Waals surface area (Å²) >= 11 is 3.48. The zero-order chi connectivity index (χ0) is 11.8. The van der Waals surface area contributed by atoms with Gasteiger partial charge in [-0.15, -0.1) is 23.5 Å². The number of amides is 1. The van der Waals surface area contributed by atoms with E-state index in [0.29, 0.717) is 0 Å². The third-order valence-electron chi connectivity index (χ3n) is 3.13. The van der Waals surface area contributed by atoms with Crippen LogP contribution in [0, 0.1) is 0 Å². The zero-order valence-electron chi connectivity index (χ0n) is 9.64. The molecule has 1 aliphatic rings. The van der Waals surface area contributed by atoms with E-state index < -0.39 is 0 Å². The van der Waals surface area contributed by atoms with Crippen LogP contribution in [0.4, 0.5) is 0 Å². The van der Waals surface area contributed by atoms with Crippen LogP contribution in [0.3, 0.4) is 0 Å². The Hall–Kier alpha value is -0.610. The molecule has 1 aromatic carbocycles. The summed E-state index contributed by atoms with van der Waals surface area (Å²) in [5, 5.41) is 0. The number of likely N-dealkylation sites (N-methyl/N-ethyl adjacent to an activating group) is 1. The molecule has 1 aliphatic heterocycles. The summed E-state index contributed by atoms with van der Waals surface area (Å²) in [6.07, 6.45) is 4.13. The third-order valence-corrected chi connectivity index (χ3v) is 6.32. The number of nitrogens with zero attached hydrogens (tertiary/aromatic N) is 1. The Labute approximate surface area is 105 Å². The van der Waals surface area contributed by atoms with E-state index in [1.807, 2.05) is 42.3 Å². The zero-order valence-corrected chi connectivity index (χ0v) is 11.3. The molecule has 0 saturated carbocycles. The molecule has 0 N–H and O–H groups in total. The number of benzene rings is 1. The van der Waals surface area contributed by atoms with Crippen molar-refractivity contribution in [2.75, 3.05) is 19.6 Å². The standard InChI is InChI=1S/C12H15NOS2/c1-13-11(14)10(12(13,15-2)16-3)9-7-5-4-6-8-9/h4-8,10H,1-3H3. The van der Waals surface area contributed by atoms with Gasteiger partial charge in [0.15, 0.2) is 4.20 Å². The smallest absolute Gasteiger partial charge is 0.235 e. The summed E-state index contributed by atoms with van der Waals surface area (Å²) in [6.45, 7) is 0. The highest BCUT2D eigenvalue weighted by Gasteiger charge is 2.58. The van der Waals surface area contributed by atoms with Crippen LogP contribution in [0.15, 0.2) is 30.3 Å². The summed E-state index contributed by atoms with van der Waals surface area (Å²) in [7, 11) is 1.88. The van der Waals surface area contributed by atoms with Gasteiger partial charge in [0.1, 0.15) is 5.92 Å². The van der Waals surface area contributed by atoms with Gasteiger partial charge in [-0.25, -0.2) is 0 Å². The van der Waals surface area contributed by atoms with Crippen LogP contribution >= 0.6 is 23.5 Å². The highest BCUT2D eigenvalue weighted by atomic mass is 32.2. The van der Waals surface area contributed by atoms with Crippen LogP contribution in [0.25, 0.3) is 0 Å². The van der Waals surface area contributed by atoms with Gasteiger partial charge in [0.25, 0.3) is 0 Å². The molecule has 1 heterocycles. The van der Waals surface area contributed by atoms with Crippen molar-refractivity contribution in [1.82, 2.24) is 4.90 Å². The molecule has 0 aliphatic carbocycles. The molecule has 0 radical (unpaired) electrons. The number of carbonyl (C=O) groups excluding carboxylic acids is 1. The second-order valence-electron chi connectivity index (χ2n) is 3.78. The van der Waals surface area contributed by atoms with Gasteiger partial charge < -0.3 is 4.90 Å². The quantitative estimate of drug-likeness (QED) is 0.610. The summed E-state index contributed by atoms with van der Waals surface area (Å²) < 4.78 is -0.127. The van der Waals surface area contributed by atoms with Crippen LogP contribution in [0.1, 0.15) is 11.5 Å². The van der Waals surface area contributed by atoms with E-state index in [9.17, 15) is 4.79 Å². The van der Waals surface area contributed by atoms with E-state index in [2.05, 4.69) is 12.5 Å². The van der Waals surface area contributed by atoms with Crippen LogP contribution < -0.4 is 0 Å². The number of hydrogen-bond acceptors (Lipinski definition) is 3. The summed E-state index contributed by atoms with van der Waals surface area (Å²) in [5.41, 5.74) is 1.12. The average molecular weight is 253 g/mol. The van der Waals surface area contributed by atoms with Crippen molar-refractivity contribution in [3.8, 4) is 0 Å². The monoisotopic (exact) mass is 253 g/mol. The molecule has 0 aromatic heterocycles. The second-order valence-corrected chi connectivity index (χ2v) is 6.10. The van der Waals surface area contributed by atoms with Crippen molar-refractivity contribution in [2.24, 2.45) is 0 Å². The molecule has 2 nitrogen and oxygen atoms in total. The first-order chi connectivity index (χ1) is 7.67. The van der Waals surface area contributed by atoms with Crippen LogP contribution in [-0.4, -0.2) is 34.6 Å². The summed E-state index contributed by atoms with van der Waals surface area (Å²) in [6, 6.07) is 10.0. The van der Waals surface area contributed by atoms with E-state index in [4.69, 9.17) is 0 Å². The van der Waals surface area contributed by atoms with Gasteiger partial charge in [-0.1, -0.05) is 30.3 Å². The molecular formula is C12H15NOS2. The van der Waals surface area contributed by atoms with Crippen molar-refractivity contribution in [3.05, 3.63) is 35.9 Å². The van der Waals surface area contributed by atoms with Crippen LogP contribution in [-0.2, 0) is 4.79 Å². The third kappa shape index (κ3) is 1.47. The van der Waals surface area contributed by atoms with Gasteiger partial charge in [-0.2, -0.15) is 0 Å². The first-order valence-corrected chi connectivity index (χ1v) is 7.55. The maximum atomic E-state index is 12.0. The van der Waals surface area contributed by atoms with Gasteiger partial charge in [0.2, 0.25) is 5.91 Å². The van der Waals surface area contributed by atoms with E-state index in [1.54, 1.807) is 23.5 Å². The molecular weight excluding hydrogens is 238 g/mol. The Morgan fingerprint density at radius 3 is 2.25 bits per heavy atom. The Kier molecular flexibility index (Phi) is 3.22. The molecule has 1 aromatic rings. The fourth-order valence-corrected chi connectivity index (χ4v) is 4.56. The normalized spacial score (nSPS) is 23.1. The number of likely N-dealkylation sites (tertiary alicyclic amines) is 1. The van der Waals surface area contributed by atoms with Gasteiger partial charge >= 0.3 is 0 Å². The molecule has 0 spiro atoms. The lowest BCUT2D eigenvalue weighted by Crippen LogP contribution is -2.63. The Morgan fingerprint density at radius 1 is 1.19 bits per heavy atom. The van der Waals surface area contributed by atoms with Crippen LogP contribution in [0.2, 0.25) is 0 Å². The lowest BCUT2D eigenvalue weighted by Gasteiger charge is -2.54. The lowest BCUT2D eigenvalue weighted by atomic mass is 9.90. The maximum absolute atomic E-state index is 12.0. The van der Waals surface area contributed by atoms with E-state index >= 15 is 0 Å². The Morgan fingerprint density at radius 2 is 1.75 bits per heavy atom. The fraction of sp³-hybridized carbons (Fsp3) is 0.417. The van der Waals surface area contributed by atoms with E-state index in [1.165, 1.54) is 0 Å². The van der Waals surface area contributed by atoms with Gasteiger partial charge in [-0.3, -0.25) is 4.79 Å². The predicted molar refractivity (Wildman–Crippen MR) is 71.7 cm³/mol. The minimum atomic E-state index is -0.127. The molecule has 4 heteroatoms. The Balaban J connectivity index is 2.37. The Bertz CT molecular complexity index is 389. The van der Waals surface area contributed by atoms with E-state index in [-0.39, 0.29) is 16.0 Å². The molecule has 1 atom stereocenters. The van der Waals surface area contributed by atoms with Gasteiger partial charge in [0.05, 0.1) is 0 Å². The van der Waals surface area contributed by atoms with Gasteiger partial charge in [-0.05, 0) is 18.1 Å². The molecule has 16 heavy (non-hydrogen) atoms. The minimum Gasteiger partial charge on any atom is -0.320 e. The molecule has 1 unspecified atom stereocenters. The highest BCUT2D eigenvalue weighted by Crippen LogP contribution is 2.56. The molecule has 0 bridgehead atoms. The number of hydrogen-bond donors (Lipinski definition) is 0. The van der Waals surface area contributed by atoms with E-state index in [0.717, 1.165) is 5.56 Å². The maximum Gasteiger partial charge on any atom is 0.235 e. The second kappa shape index (κ2) is 4.34. The minimum absolute atomic E-state index is 0.0105. The highest BCUT2D eigenvalue weighted by molar-refractivity contribution is 8.17. The number of thioether (sulfide) groups is 2. The first-order valence-electron chi connectivity index (χ1n) is 5.10. The molecule has 86 valence electrons. The van der Waals surface area contributed by atoms with Crippen molar-refractivity contribution in [1.29, 1.82) is 0 Å². The fourth-order valence-electron chi connectivity index (χ4n) is 2.22. The van der Waals surface area contributed by atoms with Gasteiger partial charge in [0, 0.05) is 7.05 Å². The summed E-state index contributed by atoms with van der Waals surface area (Å²) in [5.74, 6) is 0.207. The molecule has 1 amide bonds. The summed E-state index contributed by atoms with van der Waals surface area (Å²) in [4.78, 5) is 13.8. The largest absolute Gasteiger partial charge is 0.320 e. The first kappa shape index (κ1) is 11.9. The van der Waals surface area contributed by atoms with Crippen LogP contribution in [0.5, 0.6) is 0 Å². The van der Waals surface area contributed by atoms with Crippen molar-refractivity contribution in [3.63, 3.8) is 0 Å². The average Bonchev–Trinajstić information content (AvgIpc) is 2.35. The topological polar surface area (TPSA) is 20.3 Å².